The summed E-state index contributed by atoms with van der Waals surface area (Å²) in [5, 5.41) is 0. The average Bonchev–Trinajstić information content (AvgIpc) is 2.35. The molecule has 20 heavy (non-hydrogen) atoms. The molecule has 0 aliphatic carbocycles. The fraction of sp³-hybridized carbons (Fsp3) is 0.923. The number of nitrogens with two attached hydrogens (primary N) is 1. The van der Waals surface area contributed by atoms with Crippen LogP contribution in [0.2, 0.25) is 0 Å². The topological polar surface area (TPSA) is 66.6 Å². The largest absolute Gasteiger partial charge is 0.392 e. The molecule has 1 rings (SSSR count). The van der Waals surface area contributed by atoms with Crippen LogP contribution in [0, 0.1) is 0 Å². The highest BCUT2D eigenvalue weighted by molar-refractivity contribution is 7.90. The SMILES string of the molecule is CCCC(C(N)=S)N1CCN(CCCS(C)(=O)=O)CC1. The van der Waals surface area contributed by atoms with Gasteiger partial charge in [0.2, 0.25) is 0 Å². The molecule has 2 N–H and O–H groups in total. The molecule has 0 saturated carbocycles. The molecule has 1 atom stereocenters. The van der Waals surface area contributed by atoms with Crippen molar-refractivity contribution in [1.82, 2.24) is 9.80 Å². The average molecular weight is 322 g/mol. The van der Waals surface area contributed by atoms with Gasteiger partial charge in [0.25, 0.3) is 0 Å². The summed E-state index contributed by atoms with van der Waals surface area (Å²) >= 11 is 5.16. The smallest absolute Gasteiger partial charge is 0.147 e. The second-order valence-electron chi connectivity index (χ2n) is 5.57. The predicted octanol–water partition coefficient (Wildman–Crippen LogP) is 0.494. The van der Waals surface area contributed by atoms with Crippen molar-refractivity contribution in [3.63, 3.8) is 0 Å². The lowest BCUT2D eigenvalue weighted by molar-refractivity contribution is 0.115. The summed E-state index contributed by atoms with van der Waals surface area (Å²) < 4.78 is 22.2. The summed E-state index contributed by atoms with van der Waals surface area (Å²) in [6.45, 7) is 6.85. The molecule has 1 fully saturated rings. The zero-order chi connectivity index (χ0) is 15.2. The quantitative estimate of drug-likeness (QED) is 0.657. The molecule has 0 amide bonds. The van der Waals surface area contributed by atoms with Crippen LogP contribution in [0.4, 0.5) is 0 Å². The molecule has 0 aromatic carbocycles. The Labute approximate surface area is 128 Å². The Morgan fingerprint density at radius 1 is 1.30 bits per heavy atom. The summed E-state index contributed by atoms with van der Waals surface area (Å²) in [6.07, 6.45) is 4.11. The van der Waals surface area contributed by atoms with E-state index in [2.05, 4.69) is 16.7 Å². The van der Waals surface area contributed by atoms with Gasteiger partial charge in [-0.15, -0.1) is 0 Å². The Morgan fingerprint density at radius 2 is 1.90 bits per heavy atom. The van der Waals surface area contributed by atoms with Gasteiger partial charge in [-0.25, -0.2) is 8.42 Å². The number of sulfone groups is 1. The van der Waals surface area contributed by atoms with Crippen molar-refractivity contribution in [2.24, 2.45) is 5.73 Å². The van der Waals surface area contributed by atoms with Gasteiger partial charge in [0.1, 0.15) is 9.84 Å². The molecule has 0 aromatic heterocycles. The Hall–Kier alpha value is -0.240. The van der Waals surface area contributed by atoms with E-state index in [1.165, 1.54) is 6.26 Å². The number of hydrogen-bond donors (Lipinski definition) is 1. The first kappa shape index (κ1) is 17.8. The van der Waals surface area contributed by atoms with E-state index in [4.69, 9.17) is 18.0 Å². The van der Waals surface area contributed by atoms with Gasteiger partial charge in [0, 0.05) is 32.4 Å². The van der Waals surface area contributed by atoms with Gasteiger partial charge >= 0.3 is 0 Å². The first-order chi connectivity index (χ1) is 9.33. The van der Waals surface area contributed by atoms with Crippen LogP contribution in [0.1, 0.15) is 26.2 Å². The van der Waals surface area contributed by atoms with Crippen molar-refractivity contribution in [3.05, 3.63) is 0 Å². The second-order valence-corrected chi connectivity index (χ2v) is 8.30. The van der Waals surface area contributed by atoms with E-state index in [1.54, 1.807) is 0 Å². The number of hydrogen-bond acceptors (Lipinski definition) is 5. The molecule has 0 aromatic rings. The highest BCUT2D eigenvalue weighted by atomic mass is 32.2. The molecule has 1 aliphatic heterocycles. The van der Waals surface area contributed by atoms with Crippen molar-refractivity contribution >= 4 is 27.0 Å². The molecule has 1 heterocycles. The maximum atomic E-state index is 11.1. The van der Waals surface area contributed by atoms with Gasteiger partial charge in [-0.1, -0.05) is 25.6 Å². The maximum absolute atomic E-state index is 11.1. The van der Waals surface area contributed by atoms with Gasteiger partial charge in [-0.3, -0.25) is 4.90 Å². The van der Waals surface area contributed by atoms with Crippen molar-refractivity contribution in [2.45, 2.75) is 32.2 Å². The van der Waals surface area contributed by atoms with E-state index in [9.17, 15) is 8.42 Å². The Bertz CT molecular complexity index is 404. The van der Waals surface area contributed by atoms with E-state index < -0.39 is 9.84 Å². The lowest BCUT2D eigenvalue weighted by Crippen LogP contribution is -2.53. The fourth-order valence-corrected chi connectivity index (χ4v) is 3.55. The van der Waals surface area contributed by atoms with Crippen molar-refractivity contribution in [1.29, 1.82) is 0 Å². The lowest BCUT2D eigenvalue weighted by atomic mass is 10.1. The molecular weight excluding hydrogens is 294 g/mol. The number of thiocarbonyl (C=S) groups is 1. The van der Waals surface area contributed by atoms with E-state index in [-0.39, 0.29) is 11.8 Å². The monoisotopic (exact) mass is 321 g/mol. The van der Waals surface area contributed by atoms with Gasteiger partial charge in [-0.2, -0.15) is 0 Å². The highest BCUT2D eigenvalue weighted by Crippen LogP contribution is 2.12. The molecule has 7 heteroatoms. The summed E-state index contributed by atoms with van der Waals surface area (Å²) in [5.41, 5.74) is 5.83. The highest BCUT2D eigenvalue weighted by Gasteiger charge is 2.24. The normalized spacial score (nSPS) is 19.9. The zero-order valence-corrected chi connectivity index (χ0v) is 14.2. The van der Waals surface area contributed by atoms with Crippen LogP contribution in [0.15, 0.2) is 0 Å². The van der Waals surface area contributed by atoms with Crippen LogP contribution in [0.3, 0.4) is 0 Å². The molecule has 118 valence electrons. The molecule has 1 aliphatic rings. The van der Waals surface area contributed by atoms with Crippen LogP contribution in [0.5, 0.6) is 0 Å². The summed E-state index contributed by atoms with van der Waals surface area (Å²) in [7, 11) is -2.84. The third kappa shape index (κ3) is 6.47. The molecule has 1 saturated heterocycles. The molecule has 1 unspecified atom stereocenters. The lowest BCUT2D eigenvalue weighted by Gasteiger charge is -2.39. The second kappa shape index (κ2) is 8.26. The third-order valence-corrected chi connectivity index (χ3v) is 5.03. The van der Waals surface area contributed by atoms with E-state index >= 15 is 0 Å². The molecule has 5 nitrogen and oxygen atoms in total. The van der Waals surface area contributed by atoms with Gasteiger partial charge < -0.3 is 10.6 Å². The Kier molecular flexibility index (Phi) is 7.36. The van der Waals surface area contributed by atoms with Crippen LogP contribution in [-0.2, 0) is 9.84 Å². The van der Waals surface area contributed by atoms with Crippen molar-refractivity contribution in [2.75, 3.05) is 44.7 Å². The predicted molar refractivity (Wildman–Crippen MR) is 87.8 cm³/mol. The minimum Gasteiger partial charge on any atom is -0.392 e. The molecule has 0 spiro atoms. The standard InChI is InChI=1S/C13H27N3O2S2/c1-3-5-12(13(14)19)16-9-7-15(8-10-16)6-4-11-20(2,17)18/h12H,3-11H2,1-2H3,(H2,14,19). The van der Waals surface area contributed by atoms with Crippen LogP contribution >= 0.6 is 12.2 Å². The minimum absolute atomic E-state index is 0.216. The van der Waals surface area contributed by atoms with Gasteiger partial charge in [0.05, 0.1) is 16.8 Å². The minimum atomic E-state index is -2.84. The van der Waals surface area contributed by atoms with Gasteiger partial charge in [-0.05, 0) is 19.4 Å². The van der Waals surface area contributed by atoms with E-state index in [0.717, 1.165) is 45.6 Å². The summed E-state index contributed by atoms with van der Waals surface area (Å²) in [6, 6.07) is 0.216. The maximum Gasteiger partial charge on any atom is 0.147 e. The van der Waals surface area contributed by atoms with Crippen molar-refractivity contribution in [3.8, 4) is 0 Å². The van der Waals surface area contributed by atoms with E-state index in [1.807, 2.05) is 0 Å². The number of rotatable bonds is 8. The van der Waals surface area contributed by atoms with Crippen LogP contribution in [0.25, 0.3) is 0 Å². The molecule has 0 bridgehead atoms. The van der Waals surface area contributed by atoms with Crippen LogP contribution in [-0.4, -0.2) is 74.0 Å². The first-order valence-corrected chi connectivity index (χ1v) is 9.74. The fourth-order valence-electron chi connectivity index (χ4n) is 2.63. The number of nitrogens with zero attached hydrogens (tertiary/aromatic N) is 2. The molecule has 0 radical (unpaired) electrons. The summed E-state index contributed by atoms with van der Waals surface area (Å²) in [5.74, 6) is 0.276. The third-order valence-electron chi connectivity index (χ3n) is 3.73. The summed E-state index contributed by atoms with van der Waals surface area (Å²) in [4.78, 5) is 5.28. The first-order valence-electron chi connectivity index (χ1n) is 7.27. The Morgan fingerprint density at radius 3 is 2.35 bits per heavy atom. The zero-order valence-electron chi connectivity index (χ0n) is 12.5. The van der Waals surface area contributed by atoms with E-state index in [0.29, 0.717) is 11.4 Å². The van der Waals surface area contributed by atoms with Gasteiger partial charge in [0.15, 0.2) is 0 Å². The van der Waals surface area contributed by atoms with Crippen molar-refractivity contribution < 1.29 is 8.42 Å². The van der Waals surface area contributed by atoms with Crippen LogP contribution < -0.4 is 5.73 Å². The number of piperazine rings is 1. The molecular formula is C13H27N3O2S2. The Balaban J connectivity index is 2.33.